The van der Waals surface area contributed by atoms with Crippen molar-refractivity contribution in [1.29, 1.82) is 0 Å². The van der Waals surface area contributed by atoms with Crippen molar-refractivity contribution in [2.24, 2.45) is 5.84 Å². The molecule has 1 aromatic carbocycles. The lowest BCUT2D eigenvalue weighted by Gasteiger charge is -2.05. The van der Waals surface area contributed by atoms with Crippen LogP contribution in [-0.4, -0.2) is 10.2 Å². The van der Waals surface area contributed by atoms with E-state index in [0.29, 0.717) is 16.2 Å². The molecule has 1 aromatic heterocycles. The van der Waals surface area contributed by atoms with Crippen molar-refractivity contribution in [3.63, 3.8) is 0 Å². The van der Waals surface area contributed by atoms with Gasteiger partial charge in [-0.2, -0.15) is 0 Å². The van der Waals surface area contributed by atoms with Gasteiger partial charge in [-0.25, -0.2) is 5.84 Å². The first-order chi connectivity index (χ1) is 6.74. The molecule has 2 rings (SSSR count). The number of nitrogens with two attached hydrogens (primary N) is 1. The molecular formula is C8H6Cl2N4. The summed E-state index contributed by atoms with van der Waals surface area (Å²) in [6.07, 6.45) is 0. The summed E-state index contributed by atoms with van der Waals surface area (Å²) in [7, 11) is 0. The van der Waals surface area contributed by atoms with Crippen molar-refractivity contribution in [3.8, 4) is 0 Å². The van der Waals surface area contributed by atoms with Crippen molar-refractivity contribution in [2.75, 3.05) is 5.43 Å². The van der Waals surface area contributed by atoms with Gasteiger partial charge in [0.2, 0.25) is 0 Å². The van der Waals surface area contributed by atoms with Crippen LogP contribution in [0.2, 0.25) is 10.2 Å². The van der Waals surface area contributed by atoms with E-state index < -0.39 is 0 Å². The first-order valence-corrected chi connectivity index (χ1v) is 4.56. The zero-order valence-corrected chi connectivity index (χ0v) is 8.47. The van der Waals surface area contributed by atoms with E-state index in [1.54, 1.807) is 12.1 Å². The number of nitrogens with one attached hydrogen (secondary N) is 1. The number of benzene rings is 1. The van der Waals surface area contributed by atoms with Crippen LogP contribution in [0.25, 0.3) is 10.8 Å². The number of halogens is 2. The predicted octanol–water partition coefficient (Wildman–Crippen LogP) is 2.22. The summed E-state index contributed by atoms with van der Waals surface area (Å²) in [4.78, 5) is 0. The normalized spacial score (nSPS) is 10.5. The van der Waals surface area contributed by atoms with Crippen LogP contribution in [-0.2, 0) is 0 Å². The highest BCUT2D eigenvalue weighted by Crippen LogP contribution is 2.31. The van der Waals surface area contributed by atoms with Crippen LogP contribution in [0.15, 0.2) is 18.2 Å². The highest BCUT2D eigenvalue weighted by molar-refractivity contribution is 6.41. The fourth-order valence-corrected chi connectivity index (χ4v) is 1.79. The van der Waals surface area contributed by atoms with E-state index in [1.807, 2.05) is 6.07 Å². The molecule has 0 unspecified atom stereocenters. The molecule has 6 heteroatoms. The molecule has 0 amide bonds. The van der Waals surface area contributed by atoms with Gasteiger partial charge in [0.05, 0.1) is 5.02 Å². The highest BCUT2D eigenvalue weighted by Gasteiger charge is 2.09. The Balaban J connectivity index is 2.91. The van der Waals surface area contributed by atoms with Gasteiger partial charge in [0.25, 0.3) is 0 Å². The molecule has 2 aromatic rings. The van der Waals surface area contributed by atoms with Crippen LogP contribution in [0.1, 0.15) is 0 Å². The molecule has 14 heavy (non-hydrogen) atoms. The monoisotopic (exact) mass is 228 g/mol. The Morgan fingerprint density at radius 1 is 1.21 bits per heavy atom. The number of nitrogen functional groups attached to an aromatic ring is 1. The number of fused-ring (bicyclic) bond motifs is 1. The molecule has 72 valence electrons. The topological polar surface area (TPSA) is 63.8 Å². The number of anilines is 1. The molecule has 0 saturated carbocycles. The molecule has 0 atom stereocenters. The molecule has 0 fully saturated rings. The van der Waals surface area contributed by atoms with Crippen molar-refractivity contribution < 1.29 is 0 Å². The maximum absolute atomic E-state index is 5.97. The summed E-state index contributed by atoms with van der Waals surface area (Å²) in [6, 6.07) is 5.35. The minimum Gasteiger partial charge on any atom is -0.306 e. The molecule has 4 nitrogen and oxygen atoms in total. The number of hydrogen-bond donors (Lipinski definition) is 2. The van der Waals surface area contributed by atoms with Gasteiger partial charge in [0, 0.05) is 10.8 Å². The second kappa shape index (κ2) is 3.57. The molecule has 0 bridgehead atoms. The zero-order valence-electron chi connectivity index (χ0n) is 6.96. The number of rotatable bonds is 1. The lowest BCUT2D eigenvalue weighted by Crippen LogP contribution is -2.09. The summed E-state index contributed by atoms with van der Waals surface area (Å²) < 4.78 is 0. The van der Waals surface area contributed by atoms with E-state index in [-0.39, 0.29) is 5.15 Å². The maximum Gasteiger partial charge on any atom is 0.170 e. The minimum absolute atomic E-state index is 0.268. The SMILES string of the molecule is NNc1nnc(Cl)c2c(Cl)cccc12. The van der Waals surface area contributed by atoms with E-state index in [2.05, 4.69) is 15.6 Å². The number of hydrogen-bond acceptors (Lipinski definition) is 4. The smallest absolute Gasteiger partial charge is 0.170 e. The van der Waals surface area contributed by atoms with Crippen LogP contribution in [0.5, 0.6) is 0 Å². The fourth-order valence-electron chi connectivity index (χ4n) is 1.24. The third-order valence-electron chi connectivity index (χ3n) is 1.85. The number of aromatic nitrogens is 2. The van der Waals surface area contributed by atoms with E-state index in [1.165, 1.54) is 0 Å². The molecule has 3 N–H and O–H groups in total. The Labute approximate surface area is 90.0 Å². The highest BCUT2D eigenvalue weighted by atomic mass is 35.5. The quantitative estimate of drug-likeness (QED) is 0.581. The van der Waals surface area contributed by atoms with Crippen molar-refractivity contribution >= 4 is 39.8 Å². The average Bonchev–Trinajstić information content (AvgIpc) is 2.18. The third-order valence-corrected chi connectivity index (χ3v) is 2.43. The third kappa shape index (κ3) is 1.37. The first-order valence-electron chi connectivity index (χ1n) is 3.81. The predicted molar refractivity (Wildman–Crippen MR) is 57.4 cm³/mol. The molecule has 1 heterocycles. The molecule has 0 aliphatic carbocycles. The first kappa shape index (κ1) is 9.45. The molecule has 0 saturated heterocycles. The second-order valence-corrected chi connectivity index (χ2v) is 3.41. The van der Waals surface area contributed by atoms with E-state index in [0.717, 1.165) is 5.39 Å². The molecule has 0 aliphatic heterocycles. The van der Waals surface area contributed by atoms with Crippen LogP contribution in [0.3, 0.4) is 0 Å². The minimum atomic E-state index is 0.268. The van der Waals surface area contributed by atoms with Gasteiger partial charge in [-0.3, -0.25) is 0 Å². The number of nitrogens with zero attached hydrogens (tertiary/aromatic N) is 2. The Morgan fingerprint density at radius 3 is 2.71 bits per heavy atom. The maximum atomic E-state index is 5.97. The van der Waals surface area contributed by atoms with Crippen molar-refractivity contribution in [2.45, 2.75) is 0 Å². The van der Waals surface area contributed by atoms with E-state index in [4.69, 9.17) is 29.0 Å². The lowest BCUT2D eigenvalue weighted by atomic mass is 10.2. The standard InChI is InChI=1S/C8H6Cl2N4/c9-5-3-1-2-4-6(5)7(10)13-14-8(4)12-11/h1-3H,11H2,(H,12,14). The summed E-state index contributed by atoms with van der Waals surface area (Å²) in [5.74, 6) is 5.73. The van der Waals surface area contributed by atoms with Gasteiger partial charge in [-0.05, 0) is 6.07 Å². The van der Waals surface area contributed by atoms with Crippen molar-refractivity contribution in [1.82, 2.24) is 10.2 Å². The Bertz CT molecular complexity index is 478. The van der Waals surface area contributed by atoms with Crippen LogP contribution in [0, 0.1) is 0 Å². The molecule has 0 spiro atoms. The Morgan fingerprint density at radius 2 is 2.00 bits per heavy atom. The van der Waals surface area contributed by atoms with Crippen LogP contribution in [0.4, 0.5) is 5.82 Å². The fraction of sp³-hybridized carbons (Fsp3) is 0. The van der Waals surface area contributed by atoms with Crippen molar-refractivity contribution in [3.05, 3.63) is 28.4 Å². The Kier molecular flexibility index (Phi) is 2.41. The number of hydrazine groups is 1. The van der Waals surface area contributed by atoms with Gasteiger partial charge >= 0.3 is 0 Å². The molecule has 0 aliphatic rings. The van der Waals surface area contributed by atoms with E-state index in [9.17, 15) is 0 Å². The summed E-state index contributed by atoms with van der Waals surface area (Å²) >= 11 is 11.8. The van der Waals surface area contributed by atoms with Gasteiger partial charge < -0.3 is 5.43 Å². The average molecular weight is 229 g/mol. The van der Waals surface area contributed by atoms with Gasteiger partial charge in [0.15, 0.2) is 11.0 Å². The van der Waals surface area contributed by atoms with Crippen LogP contribution >= 0.6 is 23.2 Å². The van der Waals surface area contributed by atoms with Gasteiger partial charge in [-0.1, -0.05) is 35.3 Å². The Hall–Kier alpha value is -1.10. The molecule has 0 radical (unpaired) electrons. The summed E-state index contributed by atoms with van der Waals surface area (Å²) in [6.45, 7) is 0. The lowest BCUT2D eigenvalue weighted by molar-refractivity contribution is 1.04. The summed E-state index contributed by atoms with van der Waals surface area (Å²) in [5, 5.41) is 9.71. The summed E-state index contributed by atoms with van der Waals surface area (Å²) in [5.41, 5.74) is 2.43. The van der Waals surface area contributed by atoms with E-state index >= 15 is 0 Å². The van der Waals surface area contributed by atoms with Gasteiger partial charge in [0.1, 0.15) is 0 Å². The molecular weight excluding hydrogens is 223 g/mol. The zero-order chi connectivity index (χ0) is 10.1. The van der Waals surface area contributed by atoms with Crippen LogP contribution < -0.4 is 11.3 Å². The largest absolute Gasteiger partial charge is 0.306 e. The van der Waals surface area contributed by atoms with Gasteiger partial charge in [-0.15, -0.1) is 10.2 Å². The second-order valence-electron chi connectivity index (χ2n) is 2.65.